The Kier molecular flexibility index (Phi) is 175. The fourth-order valence-corrected chi connectivity index (χ4v) is 1.000. The Labute approximate surface area is 272 Å². The Morgan fingerprint density at radius 1 is 0.214 bits per heavy atom. The molecule has 0 heteroatoms. The Bertz CT molecular complexity index is 357. The zero-order valence-electron chi connectivity index (χ0n) is 31.7. The van der Waals surface area contributed by atoms with Gasteiger partial charge in [-0.1, -0.05) is 156 Å². The summed E-state index contributed by atoms with van der Waals surface area (Å²) in [4.78, 5) is 0. The van der Waals surface area contributed by atoms with Crippen molar-refractivity contribution >= 4 is 0 Å². The van der Waals surface area contributed by atoms with Crippen molar-refractivity contribution in [3.05, 3.63) is 112 Å². The molecular weight excluding hydrogens is 504 g/mol. The van der Waals surface area contributed by atoms with Crippen LogP contribution in [0.15, 0.2) is 112 Å². The molecule has 0 nitrogen and oxygen atoms in total. The van der Waals surface area contributed by atoms with Gasteiger partial charge in [0.05, 0.1) is 0 Å². The Hall–Kier alpha value is -2.34. The van der Waals surface area contributed by atoms with Crippen molar-refractivity contribution in [2.24, 2.45) is 0 Å². The van der Waals surface area contributed by atoms with E-state index >= 15 is 0 Å². The molecule has 0 unspecified atom stereocenters. The van der Waals surface area contributed by atoms with Crippen molar-refractivity contribution in [2.45, 2.75) is 160 Å². The van der Waals surface area contributed by atoms with Crippen molar-refractivity contribution in [1.29, 1.82) is 0 Å². The van der Waals surface area contributed by atoms with Gasteiger partial charge in [0.1, 0.15) is 0 Å². The van der Waals surface area contributed by atoms with Crippen LogP contribution in [0.1, 0.15) is 160 Å². The molecule has 252 valence electrons. The Balaban J connectivity index is -0.0000000420. The first kappa shape index (κ1) is 63.1. The molecule has 0 fully saturated rings. The Morgan fingerprint density at radius 3 is 0.310 bits per heavy atom. The number of rotatable bonds is 12. The van der Waals surface area contributed by atoms with Crippen LogP contribution in [-0.4, -0.2) is 0 Å². The van der Waals surface area contributed by atoms with E-state index in [4.69, 9.17) is 0 Å². The third kappa shape index (κ3) is 316. The summed E-state index contributed by atoms with van der Waals surface area (Å²) in [6, 6.07) is 0. The molecule has 0 aliphatic rings. The summed E-state index contributed by atoms with van der Waals surface area (Å²) in [5.74, 6) is 0. The molecule has 42 heavy (non-hydrogen) atoms. The molecule has 0 radical (unpaired) electrons. The Morgan fingerprint density at radius 2 is 0.286 bits per heavy atom. The molecular formula is C42H84. The molecule has 0 aromatic heterocycles. The van der Waals surface area contributed by atoms with Gasteiger partial charge in [-0.15, -0.1) is 39.5 Å². The predicted octanol–water partition coefficient (Wildman–Crippen LogP) is 16.6. The lowest BCUT2D eigenvalue weighted by atomic mass is 10.4. The SMILES string of the molecule is C=CCC.C=CCC.C=CCC.C=CCC.C=CCC.C=CCC.CC/C=C/CC.CC/C=C/CC.CC/C=C/CC. The van der Waals surface area contributed by atoms with E-state index in [1.807, 2.05) is 36.5 Å². The van der Waals surface area contributed by atoms with Crippen LogP contribution in [0.25, 0.3) is 0 Å². The molecule has 0 spiro atoms. The van der Waals surface area contributed by atoms with Gasteiger partial charge in [0, 0.05) is 0 Å². The summed E-state index contributed by atoms with van der Waals surface area (Å²) in [5, 5.41) is 0. The minimum atomic E-state index is 1.08. The van der Waals surface area contributed by atoms with Crippen LogP contribution in [0.5, 0.6) is 0 Å². The van der Waals surface area contributed by atoms with Gasteiger partial charge in [-0.2, -0.15) is 0 Å². The molecule has 0 saturated carbocycles. The van der Waals surface area contributed by atoms with Crippen LogP contribution < -0.4 is 0 Å². The molecule has 0 saturated heterocycles. The van der Waals surface area contributed by atoms with Gasteiger partial charge in [0.2, 0.25) is 0 Å². The van der Waals surface area contributed by atoms with E-state index in [9.17, 15) is 0 Å². The highest BCUT2D eigenvalue weighted by molar-refractivity contribution is 4.78. The number of hydrogen-bond acceptors (Lipinski definition) is 0. The molecule has 0 aromatic rings. The van der Waals surface area contributed by atoms with Gasteiger partial charge < -0.3 is 0 Å². The highest BCUT2D eigenvalue weighted by Gasteiger charge is 1.61. The second kappa shape index (κ2) is 117. The molecule has 0 aromatic carbocycles. The zero-order valence-corrected chi connectivity index (χ0v) is 31.7. The summed E-state index contributed by atoms with van der Waals surface area (Å²) in [7, 11) is 0. The second-order valence-electron chi connectivity index (χ2n) is 8.05. The molecule has 0 rings (SSSR count). The maximum absolute atomic E-state index is 3.48. The minimum absolute atomic E-state index is 1.08. The van der Waals surface area contributed by atoms with Gasteiger partial charge in [-0.25, -0.2) is 0 Å². The first-order chi connectivity index (χ1) is 20.2. The van der Waals surface area contributed by atoms with Gasteiger partial charge in [0.25, 0.3) is 0 Å². The maximum atomic E-state index is 3.48. The smallest absolute Gasteiger partial charge is 0.0379 e. The summed E-state index contributed by atoms with van der Waals surface area (Å²) < 4.78 is 0. The van der Waals surface area contributed by atoms with Crippen LogP contribution in [0, 0.1) is 0 Å². The molecule has 0 aliphatic heterocycles. The summed E-state index contributed by atoms with van der Waals surface area (Å²) >= 11 is 0. The highest BCUT2D eigenvalue weighted by Crippen LogP contribution is 1.82. The second-order valence-corrected chi connectivity index (χ2v) is 8.05. The van der Waals surface area contributed by atoms with Crippen molar-refractivity contribution in [2.75, 3.05) is 0 Å². The molecule has 0 heterocycles. The third-order valence-electron chi connectivity index (χ3n) is 3.65. The predicted molar refractivity (Wildman–Crippen MR) is 212 cm³/mol. The van der Waals surface area contributed by atoms with Gasteiger partial charge in [0.15, 0.2) is 0 Å². The van der Waals surface area contributed by atoms with E-state index in [0.29, 0.717) is 0 Å². The van der Waals surface area contributed by atoms with Crippen molar-refractivity contribution in [3.63, 3.8) is 0 Å². The first-order valence-electron chi connectivity index (χ1n) is 16.8. The first-order valence-corrected chi connectivity index (χ1v) is 16.8. The summed E-state index contributed by atoms with van der Waals surface area (Å²) in [6.45, 7) is 46.1. The normalized spacial score (nSPS) is 8.00. The van der Waals surface area contributed by atoms with Gasteiger partial charge in [-0.05, 0) is 77.0 Å². The molecule has 0 aliphatic carbocycles. The summed E-state index contributed by atoms with van der Waals surface area (Å²) in [6.07, 6.45) is 37.9. The van der Waals surface area contributed by atoms with Crippen LogP contribution in [0.3, 0.4) is 0 Å². The fraction of sp³-hybridized carbons (Fsp3) is 0.571. The number of allylic oxidation sites excluding steroid dienone is 12. The molecule has 0 N–H and O–H groups in total. The molecule has 0 bridgehead atoms. The standard InChI is InChI=1S/3C6H12.6C4H8/c3*1-3-5-6-4-2;6*1-3-4-2/h3*5-6H,3-4H2,1-2H3;6*3H,1,4H2,2H3/b3*6-5+;;;;;;. The van der Waals surface area contributed by atoms with Crippen LogP contribution >= 0.6 is 0 Å². The van der Waals surface area contributed by atoms with Crippen LogP contribution in [-0.2, 0) is 0 Å². The lowest BCUT2D eigenvalue weighted by molar-refractivity contribution is 1.16. The lowest BCUT2D eigenvalue weighted by Crippen LogP contribution is -1.51. The van der Waals surface area contributed by atoms with E-state index in [0.717, 1.165) is 38.5 Å². The van der Waals surface area contributed by atoms with Crippen molar-refractivity contribution < 1.29 is 0 Å². The van der Waals surface area contributed by atoms with E-state index < -0.39 is 0 Å². The average Bonchev–Trinajstić information content (AvgIpc) is 3.06. The topological polar surface area (TPSA) is 0 Å². The number of hydrogen-bond donors (Lipinski definition) is 0. The third-order valence-corrected chi connectivity index (χ3v) is 3.65. The van der Waals surface area contributed by atoms with Crippen LogP contribution in [0.4, 0.5) is 0 Å². The minimum Gasteiger partial charge on any atom is -0.103 e. The quantitative estimate of drug-likeness (QED) is 0.199. The molecule has 0 atom stereocenters. The zero-order chi connectivity index (χ0) is 35.0. The van der Waals surface area contributed by atoms with Gasteiger partial charge in [-0.3, -0.25) is 0 Å². The van der Waals surface area contributed by atoms with E-state index in [1.54, 1.807) is 0 Å². The van der Waals surface area contributed by atoms with E-state index in [1.165, 1.54) is 38.5 Å². The van der Waals surface area contributed by atoms with E-state index in [-0.39, 0.29) is 0 Å². The van der Waals surface area contributed by atoms with E-state index in [2.05, 4.69) is 159 Å². The largest absolute Gasteiger partial charge is 0.103 e. The van der Waals surface area contributed by atoms with Crippen molar-refractivity contribution in [1.82, 2.24) is 0 Å². The maximum Gasteiger partial charge on any atom is -0.0379 e. The lowest BCUT2D eigenvalue weighted by Gasteiger charge is -1.72. The van der Waals surface area contributed by atoms with Crippen molar-refractivity contribution in [3.8, 4) is 0 Å². The van der Waals surface area contributed by atoms with Crippen LogP contribution in [0.2, 0.25) is 0 Å². The average molecular weight is 589 g/mol. The highest BCUT2D eigenvalue weighted by atomic mass is 13.7. The molecule has 0 amide bonds. The monoisotopic (exact) mass is 589 g/mol. The fourth-order valence-electron chi connectivity index (χ4n) is 1.000. The summed E-state index contributed by atoms with van der Waals surface area (Å²) in [5.41, 5.74) is 0. The van der Waals surface area contributed by atoms with Gasteiger partial charge >= 0.3 is 0 Å².